The topological polar surface area (TPSA) is 75.2 Å². The van der Waals surface area contributed by atoms with Gasteiger partial charge in [-0.15, -0.1) is 0 Å². The number of halogens is 2. The number of pyridine rings is 2. The highest BCUT2D eigenvalue weighted by Gasteiger charge is 2.23. The van der Waals surface area contributed by atoms with Crippen molar-refractivity contribution in [1.82, 2.24) is 14.7 Å². The Morgan fingerprint density at radius 2 is 1.85 bits per heavy atom. The van der Waals surface area contributed by atoms with Gasteiger partial charge in [-0.25, -0.2) is 18.1 Å². The molecule has 9 heteroatoms. The average molecular weight is 415 g/mol. The fourth-order valence-electron chi connectivity index (χ4n) is 3.13. The van der Waals surface area contributed by atoms with Crippen LogP contribution in [-0.2, 0) is 10.0 Å². The van der Waals surface area contributed by atoms with E-state index in [-0.39, 0.29) is 6.04 Å². The number of hydrogen-bond acceptors (Lipinski definition) is 5. The standard InChI is InChI=1S/C17H20Cl2N4O2S/c1-11-7-12(18)9-21-17(11)14-8-16(20-10-15(14)19)23-5-3-13(4-6-23)22-26(2,24)25/h7-10,13,22H,3-6H2,1-2H3. The molecule has 0 aliphatic carbocycles. The second kappa shape index (κ2) is 7.68. The van der Waals surface area contributed by atoms with E-state index in [1.54, 1.807) is 12.4 Å². The molecule has 1 aliphatic heterocycles. The Bertz CT molecular complexity index is 913. The summed E-state index contributed by atoms with van der Waals surface area (Å²) < 4.78 is 25.4. The Morgan fingerprint density at radius 1 is 1.15 bits per heavy atom. The fourth-order valence-corrected chi connectivity index (χ4v) is 4.38. The van der Waals surface area contributed by atoms with Gasteiger partial charge in [0.25, 0.3) is 0 Å². The zero-order valence-electron chi connectivity index (χ0n) is 14.5. The number of nitrogens with zero attached hydrogens (tertiary/aromatic N) is 3. The number of nitrogens with one attached hydrogen (secondary N) is 1. The molecule has 1 saturated heterocycles. The van der Waals surface area contributed by atoms with E-state index in [2.05, 4.69) is 19.6 Å². The summed E-state index contributed by atoms with van der Waals surface area (Å²) in [6, 6.07) is 3.74. The lowest BCUT2D eigenvalue weighted by molar-refractivity contribution is 0.460. The lowest BCUT2D eigenvalue weighted by Crippen LogP contribution is -2.44. The molecule has 3 rings (SSSR count). The molecule has 0 spiro atoms. The lowest BCUT2D eigenvalue weighted by Gasteiger charge is -2.33. The van der Waals surface area contributed by atoms with E-state index >= 15 is 0 Å². The van der Waals surface area contributed by atoms with Crippen molar-refractivity contribution in [3.05, 3.63) is 40.1 Å². The summed E-state index contributed by atoms with van der Waals surface area (Å²) in [7, 11) is -3.18. The van der Waals surface area contributed by atoms with Gasteiger partial charge in [0.15, 0.2) is 0 Å². The van der Waals surface area contributed by atoms with E-state index in [0.29, 0.717) is 23.1 Å². The van der Waals surface area contributed by atoms with Crippen LogP contribution in [0.4, 0.5) is 5.82 Å². The molecule has 0 aromatic carbocycles. The molecule has 0 saturated carbocycles. The molecule has 0 bridgehead atoms. The smallest absolute Gasteiger partial charge is 0.208 e. The molecule has 0 atom stereocenters. The first-order valence-corrected chi connectivity index (χ1v) is 10.9. The number of sulfonamides is 1. The zero-order valence-corrected chi connectivity index (χ0v) is 16.9. The Labute approximate surface area is 163 Å². The molecule has 6 nitrogen and oxygen atoms in total. The number of aryl methyl sites for hydroxylation is 1. The van der Waals surface area contributed by atoms with E-state index in [0.717, 1.165) is 35.5 Å². The third kappa shape index (κ3) is 4.65. The molecule has 0 unspecified atom stereocenters. The molecule has 0 radical (unpaired) electrons. The first-order valence-electron chi connectivity index (χ1n) is 8.23. The Kier molecular flexibility index (Phi) is 5.72. The van der Waals surface area contributed by atoms with E-state index in [4.69, 9.17) is 23.2 Å². The van der Waals surface area contributed by atoms with Crippen molar-refractivity contribution >= 4 is 39.0 Å². The van der Waals surface area contributed by atoms with Crippen LogP contribution in [-0.4, -0.2) is 43.8 Å². The number of anilines is 1. The van der Waals surface area contributed by atoms with Crippen LogP contribution in [0.1, 0.15) is 18.4 Å². The first-order chi connectivity index (χ1) is 12.2. The van der Waals surface area contributed by atoms with Crippen LogP contribution < -0.4 is 9.62 Å². The summed E-state index contributed by atoms with van der Waals surface area (Å²) in [5.41, 5.74) is 2.52. The molecule has 1 aliphatic rings. The molecule has 26 heavy (non-hydrogen) atoms. The van der Waals surface area contributed by atoms with Crippen LogP contribution in [0.15, 0.2) is 24.5 Å². The average Bonchev–Trinajstić information content (AvgIpc) is 2.55. The molecule has 3 heterocycles. The van der Waals surface area contributed by atoms with E-state index in [9.17, 15) is 8.42 Å². The van der Waals surface area contributed by atoms with Gasteiger partial charge in [0.2, 0.25) is 10.0 Å². The third-order valence-corrected chi connectivity index (χ3v) is 5.61. The van der Waals surface area contributed by atoms with E-state index < -0.39 is 10.0 Å². The molecular formula is C17H20Cl2N4O2S. The van der Waals surface area contributed by atoms with Crippen LogP contribution in [0, 0.1) is 6.92 Å². The number of piperidine rings is 1. The van der Waals surface area contributed by atoms with Crippen molar-refractivity contribution in [2.75, 3.05) is 24.2 Å². The summed E-state index contributed by atoms with van der Waals surface area (Å²) in [4.78, 5) is 11.0. The summed E-state index contributed by atoms with van der Waals surface area (Å²) in [6.45, 7) is 3.37. The number of rotatable bonds is 4. The predicted octanol–water partition coefficient (Wildman–Crippen LogP) is 3.28. The summed E-state index contributed by atoms with van der Waals surface area (Å²) >= 11 is 12.3. The van der Waals surface area contributed by atoms with Gasteiger partial charge in [-0.2, -0.15) is 0 Å². The second-order valence-electron chi connectivity index (χ2n) is 6.49. The molecular weight excluding hydrogens is 395 g/mol. The van der Waals surface area contributed by atoms with Crippen LogP contribution in [0.25, 0.3) is 11.3 Å². The number of hydrogen-bond donors (Lipinski definition) is 1. The minimum atomic E-state index is -3.18. The van der Waals surface area contributed by atoms with Crippen molar-refractivity contribution in [3.63, 3.8) is 0 Å². The van der Waals surface area contributed by atoms with Crippen molar-refractivity contribution in [2.24, 2.45) is 0 Å². The van der Waals surface area contributed by atoms with E-state index in [1.165, 1.54) is 6.26 Å². The monoisotopic (exact) mass is 414 g/mol. The van der Waals surface area contributed by atoms with Gasteiger partial charge in [0, 0.05) is 37.1 Å². The van der Waals surface area contributed by atoms with Crippen LogP contribution in [0.5, 0.6) is 0 Å². The van der Waals surface area contributed by atoms with Crippen LogP contribution >= 0.6 is 23.2 Å². The highest BCUT2D eigenvalue weighted by molar-refractivity contribution is 7.88. The maximum absolute atomic E-state index is 11.4. The van der Waals surface area contributed by atoms with Crippen molar-refractivity contribution in [3.8, 4) is 11.3 Å². The highest BCUT2D eigenvalue weighted by atomic mass is 35.5. The predicted molar refractivity (Wildman–Crippen MR) is 105 cm³/mol. The zero-order chi connectivity index (χ0) is 18.9. The van der Waals surface area contributed by atoms with E-state index in [1.807, 2.05) is 19.1 Å². The van der Waals surface area contributed by atoms with Crippen molar-refractivity contribution in [2.45, 2.75) is 25.8 Å². The van der Waals surface area contributed by atoms with Gasteiger partial charge in [-0.1, -0.05) is 23.2 Å². The van der Waals surface area contributed by atoms with Crippen molar-refractivity contribution < 1.29 is 8.42 Å². The second-order valence-corrected chi connectivity index (χ2v) is 9.12. The van der Waals surface area contributed by atoms with Gasteiger partial charge in [-0.3, -0.25) is 4.98 Å². The quantitative estimate of drug-likeness (QED) is 0.830. The van der Waals surface area contributed by atoms with Gasteiger partial charge in [0.05, 0.1) is 22.0 Å². The minimum absolute atomic E-state index is 0.0341. The Morgan fingerprint density at radius 3 is 2.46 bits per heavy atom. The van der Waals surface area contributed by atoms with Gasteiger partial charge in [0.1, 0.15) is 5.82 Å². The Balaban J connectivity index is 1.80. The summed E-state index contributed by atoms with van der Waals surface area (Å²) in [6.07, 6.45) is 5.87. The summed E-state index contributed by atoms with van der Waals surface area (Å²) in [5, 5.41) is 1.11. The molecule has 2 aromatic heterocycles. The highest BCUT2D eigenvalue weighted by Crippen LogP contribution is 2.32. The Hall–Kier alpha value is -1.41. The normalized spacial score (nSPS) is 16.1. The molecule has 140 valence electrons. The molecule has 2 aromatic rings. The molecule has 1 fully saturated rings. The number of aromatic nitrogens is 2. The SMILES string of the molecule is Cc1cc(Cl)cnc1-c1cc(N2CCC(NS(C)(=O)=O)CC2)ncc1Cl. The van der Waals surface area contributed by atoms with Crippen molar-refractivity contribution in [1.29, 1.82) is 0 Å². The third-order valence-electron chi connectivity index (χ3n) is 4.34. The maximum atomic E-state index is 11.4. The molecule has 0 amide bonds. The van der Waals surface area contributed by atoms with Crippen LogP contribution in [0.3, 0.4) is 0 Å². The fraction of sp³-hybridized carbons (Fsp3) is 0.412. The summed E-state index contributed by atoms with van der Waals surface area (Å²) in [5.74, 6) is 0.804. The maximum Gasteiger partial charge on any atom is 0.208 e. The van der Waals surface area contributed by atoms with Gasteiger partial charge in [-0.05, 0) is 37.5 Å². The van der Waals surface area contributed by atoms with Gasteiger partial charge >= 0.3 is 0 Å². The minimum Gasteiger partial charge on any atom is -0.356 e. The largest absolute Gasteiger partial charge is 0.356 e. The molecule has 1 N–H and O–H groups in total. The van der Waals surface area contributed by atoms with Crippen LogP contribution in [0.2, 0.25) is 10.0 Å². The van der Waals surface area contributed by atoms with Gasteiger partial charge < -0.3 is 4.90 Å². The lowest BCUT2D eigenvalue weighted by atomic mass is 10.0. The first kappa shape index (κ1) is 19.4.